The molecule has 3 aromatic heterocycles. The summed E-state index contributed by atoms with van der Waals surface area (Å²) in [6.07, 6.45) is -0.414. The number of fused-ring (bicyclic) bond motifs is 1. The van der Waals surface area contributed by atoms with Crippen LogP contribution in [0.5, 0.6) is 0 Å². The second-order valence-corrected chi connectivity index (χ2v) is 7.07. The fourth-order valence-electron chi connectivity index (χ4n) is 3.16. The van der Waals surface area contributed by atoms with Gasteiger partial charge in [-0.15, -0.1) is 0 Å². The van der Waals surface area contributed by atoms with Crippen LogP contribution in [0.4, 0.5) is 23.4 Å². The van der Waals surface area contributed by atoms with Crippen LogP contribution in [0, 0.1) is 0 Å². The van der Waals surface area contributed by atoms with Gasteiger partial charge in [0.15, 0.2) is 5.60 Å². The number of rotatable bonds is 4. The highest BCUT2D eigenvalue weighted by atomic mass is 19.4. The molecule has 3 atom stereocenters. The lowest BCUT2D eigenvalue weighted by Gasteiger charge is -2.26. The molecule has 0 aliphatic carbocycles. The summed E-state index contributed by atoms with van der Waals surface area (Å²) >= 11 is 0. The number of alkyl halides is 4. The maximum Gasteiger partial charge on any atom is 0.421 e. The number of hydrogen-bond donors (Lipinski definition) is 3. The molecule has 0 bridgehead atoms. The van der Waals surface area contributed by atoms with Gasteiger partial charge in [-0.2, -0.15) is 13.2 Å². The lowest BCUT2D eigenvalue weighted by atomic mass is 9.97. The molecular formula is C18H18F4N6O. The Balaban J connectivity index is 1.71. The summed E-state index contributed by atoms with van der Waals surface area (Å²) < 4.78 is 54.8. The van der Waals surface area contributed by atoms with E-state index in [9.17, 15) is 22.7 Å². The summed E-state index contributed by atoms with van der Waals surface area (Å²) in [6.45, 7) is 1.39. The van der Waals surface area contributed by atoms with E-state index in [-0.39, 0.29) is 12.1 Å². The van der Waals surface area contributed by atoms with Crippen molar-refractivity contribution in [2.45, 2.75) is 30.9 Å². The van der Waals surface area contributed by atoms with Crippen molar-refractivity contribution in [3.8, 4) is 11.4 Å². The van der Waals surface area contributed by atoms with Gasteiger partial charge in [0.1, 0.15) is 23.3 Å². The molecule has 3 aromatic rings. The number of halogens is 4. The highest BCUT2D eigenvalue weighted by Gasteiger charge is 2.51. The van der Waals surface area contributed by atoms with Gasteiger partial charge in [0, 0.05) is 24.8 Å². The minimum absolute atomic E-state index is 0.250. The van der Waals surface area contributed by atoms with E-state index in [2.05, 4.69) is 25.6 Å². The van der Waals surface area contributed by atoms with Crippen LogP contribution in [0.15, 0.2) is 36.9 Å². The number of pyridine rings is 1. The van der Waals surface area contributed by atoms with Crippen LogP contribution in [0.2, 0.25) is 0 Å². The largest absolute Gasteiger partial charge is 0.421 e. The van der Waals surface area contributed by atoms with Gasteiger partial charge in [0.2, 0.25) is 0 Å². The standard InChI is InChI=1S/C18H18F4N6O/c1-17(29,18(20,21)22)10-2-3-16-25-7-14(28(16)9-10)13-6-24-8-15(27-13)26-12-5-23-4-11(12)19/h2-3,6-9,11-12,23,29H,4-5H2,1H3,(H,26,27)/t11-,12-,17-/m0/s1. The fraction of sp³-hybridized carbons (Fsp3) is 0.389. The Bertz CT molecular complexity index is 1030. The summed E-state index contributed by atoms with van der Waals surface area (Å²) in [4.78, 5) is 12.6. The Morgan fingerprint density at radius 3 is 2.69 bits per heavy atom. The zero-order valence-electron chi connectivity index (χ0n) is 15.3. The molecule has 0 aromatic carbocycles. The van der Waals surface area contributed by atoms with E-state index in [0.29, 0.717) is 36.3 Å². The van der Waals surface area contributed by atoms with E-state index in [1.807, 2.05) is 0 Å². The molecule has 29 heavy (non-hydrogen) atoms. The Labute approximate surface area is 162 Å². The summed E-state index contributed by atoms with van der Waals surface area (Å²) in [7, 11) is 0. The first-order valence-corrected chi connectivity index (χ1v) is 8.87. The maximum atomic E-state index is 13.8. The first kappa shape index (κ1) is 19.5. The van der Waals surface area contributed by atoms with Crippen LogP contribution in [-0.2, 0) is 5.60 Å². The number of nitrogens with one attached hydrogen (secondary N) is 2. The second kappa shape index (κ2) is 6.92. The average Bonchev–Trinajstić information content (AvgIpc) is 3.27. The molecule has 0 unspecified atom stereocenters. The van der Waals surface area contributed by atoms with Gasteiger partial charge in [-0.1, -0.05) is 6.07 Å². The first-order valence-electron chi connectivity index (χ1n) is 8.87. The average molecular weight is 410 g/mol. The van der Waals surface area contributed by atoms with Crippen LogP contribution in [-0.4, -0.2) is 55.9 Å². The lowest BCUT2D eigenvalue weighted by Crippen LogP contribution is -2.39. The molecule has 4 heterocycles. The van der Waals surface area contributed by atoms with E-state index < -0.39 is 24.0 Å². The third-order valence-electron chi connectivity index (χ3n) is 4.99. The monoisotopic (exact) mass is 410 g/mol. The Morgan fingerprint density at radius 1 is 1.21 bits per heavy atom. The predicted octanol–water partition coefficient (Wildman–Crippen LogP) is 2.28. The van der Waals surface area contributed by atoms with E-state index in [0.717, 1.165) is 0 Å². The summed E-state index contributed by atoms with van der Waals surface area (Å²) in [5.74, 6) is 0.340. The third-order valence-corrected chi connectivity index (χ3v) is 4.99. The summed E-state index contributed by atoms with van der Waals surface area (Å²) in [6, 6.07) is 2.11. The minimum atomic E-state index is -4.84. The highest BCUT2D eigenvalue weighted by Crippen LogP contribution is 2.38. The number of aromatic nitrogens is 4. The lowest BCUT2D eigenvalue weighted by molar-refractivity contribution is -0.259. The Kier molecular flexibility index (Phi) is 4.66. The molecule has 154 valence electrons. The van der Waals surface area contributed by atoms with Gasteiger partial charge in [0.05, 0.1) is 30.3 Å². The summed E-state index contributed by atoms with van der Waals surface area (Å²) in [5, 5.41) is 15.9. The number of aliphatic hydroxyl groups is 1. The third kappa shape index (κ3) is 3.51. The topological polar surface area (TPSA) is 87.4 Å². The smallest absolute Gasteiger partial charge is 0.376 e. The first-order chi connectivity index (χ1) is 13.7. The van der Waals surface area contributed by atoms with Gasteiger partial charge in [-0.3, -0.25) is 9.38 Å². The van der Waals surface area contributed by atoms with Crippen molar-refractivity contribution in [2.75, 3.05) is 18.4 Å². The van der Waals surface area contributed by atoms with Gasteiger partial charge in [0.25, 0.3) is 0 Å². The molecule has 1 saturated heterocycles. The number of hydrogen-bond acceptors (Lipinski definition) is 6. The molecule has 4 rings (SSSR count). The number of anilines is 1. The molecule has 0 amide bonds. The van der Waals surface area contributed by atoms with Crippen LogP contribution >= 0.6 is 0 Å². The second-order valence-electron chi connectivity index (χ2n) is 7.07. The normalized spacial score (nSPS) is 22.0. The Morgan fingerprint density at radius 2 is 2.00 bits per heavy atom. The van der Waals surface area contributed by atoms with Crippen molar-refractivity contribution in [3.05, 3.63) is 42.5 Å². The molecular weight excluding hydrogens is 392 g/mol. The molecule has 0 saturated carbocycles. The molecule has 0 spiro atoms. The van der Waals surface area contributed by atoms with E-state index in [1.54, 1.807) is 0 Å². The van der Waals surface area contributed by atoms with Crippen molar-refractivity contribution in [1.82, 2.24) is 24.7 Å². The molecule has 3 N–H and O–H groups in total. The number of nitrogens with zero attached hydrogens (tertiary/aromatic N) is 4. The molecule has 1 aliphatic heterocycles. The predicted molar refractivity (Wildman–Crippen MR) is 97.0 cm³/mol. The van der Waals surface area contributed by atoms with Gasteiger partial charge >= 0.3 is 6.18 Å². The van der Waals surface area contributed by atoms with Crippen molar-refractivity contribution < 1.29 is 22.7 Å². The quantitative estimate of drug-likeness (QED) is 0.572. The van der Waals surface area contributed by atoms with Gasteiger partial charge < -0.3 is 15.7 Å². The number of imidazole rings is 1. The molecule has 7 nitrogen and oxygen atoms in total. The zero-order chi connectivity index (χ0) is 20.8. The van der Waals surface area contributed by atoms with E-state index >= 15 is 0 Å². The van der Waals surface area contributed by atoms with E-state index in [1.165, 1.54) is 41.3 Å². The molecule has 11 heteroatoms. The Hall–Kier alpha value is -2.79. The van der Waals surface area contributed by atoms with E-state index in [4.69, 9.17) is 0 Å². The van der Waals surface area contributed by atoms with Crippen LogP contribution < -0.4 is 10.6 Å². The highest BCUT2D eigenvalue weighted by molar-refractivity contribution is 5.61. The SMILES string of the molecule is C[C@](O)(c1ccc2ncc(-c3cncc(N[C@H]4CNC[C@@H]4F)n3)n2c1)C(F)(F)F. The van der Waals surface area contributed by atoms with Crippen molar-refractivity contribution in [3.63, 3.8) is 0 Å². The molecule has 1 aliphatic rings. The van der Waals surface area contributed by atoms with Gasteiger partial charge in [-0.05, 0) is 13.0 Å². The summed E-state index contributed by atoms with van der Waals surface area (Å²) in [5.41, 5.74) is -2.25. The molecule has 0 radical (unpaired) electrons. The van der Waals surface area contributed by atoms with Crippen LogP contribution in [0.1, 0.15) is 12.5 Å². The maximum absolute atomic E-state index is 13.8. The minimum Gasteiger partial charge on any atom is -0.376 e. The van der Waals surface area contributed by atoms with Crippen molar-refractivity contribution in [2.24, 2.45) is 0 Å². The van der Waals surface area contributed by atoms with Gasteiger partial charge in [-0.25, -0.2) is 14.4 Å². The van der Waals surface area contributed by atoms with Crippen LogP contribution in [0.3, 0.4) is 0 Å². The van der Waals surface area contributed by atoms with Crippen molar-refractivity contribution in [1.29, 1.82) is 0 Å². The van der Waals surface area contributed by atoms with Crippen molar-refractivity contribution >= 4 is 11.5 Å². The fourth-order valence-corrected chi connectivity index (χ4v) is 3.16. The van der Waals surface area contributed by atoms with Crippen LogP contribution in [0.25, 0.3) is 17.0 Å². The molecule has 1 fully saturated rings. The zero-order valence-corrected chi connectivity index (χ0v) is 15.3.